The first-order chi connectivity index (χ1) is 8.69. The summed E-state index contributed by atoms with van der Waals surface area (Å²) in [5.41, 5.74) is 0.878. The molecule has 0 atom stereocenters. The zero-order valence-corrected chi connectivity index (χ0v) is 10.4. The number of anilines is 1. The van der Waals surface area contributed by atoms with Crippen LogP contribution in [0.15, 0.2) is 30.5 Å². The number of nitrogens with one attached hydrogen (secondary N) is 1. The van der Waals surface area contributed by atoms with Gasteiger partial charge in [-0.2, -0.15) is 9.37 Å². The summed E-state index contributed by atoms with van der Waals surface area (Å²) in [5, 5.41) is 3.36. The van der Waals surface area contributed by atoms with E-state index in [0.717, 1.165) is 11.8 Å². The second-order valence-corrected chi connectivity index (χ2v) is 3.95. The van der Waals surface area contributed by atoms with Crippen LogP contribution < -0.4 is 10.1 Å². The number of aromatic nitrogens is 2. The Labute approximate surface area is 109 Å². The molecular weight excluding hydrogens is 257 g/mol. The summed E-state index contributed by atoms with van der Waals surface area (Å²) >= 11 is 5.76. The van der Waals surface area contributed by atoms with Crippen LogP contribution in [0.4, 0.5) is 10.3 Å². The predicted octanol–water partition coefficient (Wildman–Crippen LogP) is 2.89. The predicted molar refractivity (Wildman–Crippen MR) is 67.3 cm³/mol. The SMILES string of the molecule is CNc1ncc(F)c(OCc2ccc(Cl)cc2)n1. The fourth-order valence-electron chi connectivity index (χ4n) is 1.31. The van der Waals surface area contributed by atoms with Crippen LogP contribution in [0.3, 0.4) is 0 Å². The first-order valence-corrected chi connectivity index (χ1v) is 5.64. The fourth-order valence-corrected chi connectivity index (χ4v) is 1.43. The van der Waals surface area contributed by atoms with Gasteiger partial charge in [-0.15, -0.1) is 0 Å². The third-order valence-corrected chi connectivity index (χ3v) is 2.48. The molecular formula is C12H11ClFN3O. The van der Waals surface area contributed by atoms with Crippen LogP contribution >= 0.6 is 11.6 Å². The highest BCUT2D eigenvalue weighted by atomic mass is 35.5. The molecule has 0 aliphatic heterocycles. The van der Waals surface area contributed by atoms with Crippen molar-refractivity contribution in [3.63, 3.8) is 0 Å². The molecule has 0 amide bonds. The van der Waals surface area contributed by atoms with E-state index >= 15 is 0 Å². The minimum atomic E-state index is -0.594. The molecule has 2 aromatic rings. The Hall–Kier alpha value is -1.88. The number of rotatable bonds is 4. The van der Waals surface area contributed by atoms with E-state index in [1.165, 1.54) is 0 Å². The normalized spacial score (nSPS) is 10.2. The first-order valence-electron chi connectivity index (χ1n) is 5.26. The van der Waals surface area contributed by atoms with Gasteiger partial charge in [0.05, 0.1) is 6.20 Å². The summed E-state index contributed by atoms with van der Waals surface area (Å²) in [7, 11) is 1.65. The van der Waals surface area contributed by atoms with E-state index in [1.54, 1.807) is 31.3 Å². The minimum absolute atomic E-state index is 0.0794. The number of hydrogen-bond donors (Lipinski definition) is 1. The molecule has 0 radical (unpaired) electrons. The maximum Gasteiger partial charge on any atom is 0.255 e. The lowest BCUT2D eigenvalue weighted by Crippen LogP contribution is -2.03. The van der Waals surface area contributed by atoms with Gasteiger partial charge >= 0.3 is 0 Å². The van der Waals surface area contributed by atoms with Gasteiger partial charge in [-0.3, -0.25) is 0 Å². The molecule has 4 nitrogen and oxygen atoms in total. The smallest absolute Gasteiger partial charge is 0.255 e. The summed E-state index contributed by atoms with van der Waals surface area (Å²) in [6.07, 6.45) is 1.07. The Bertz CT molecular complexity index is 533. The van der Waals surface area contributed by atoms with Crippen molar-refractivity contribution >= 4 is 17.5 Å². The Balaban J connectivity index is 2.07. The average Bonchev–Trinajstić information content (AvgIpc) is 2.40. The van der Waals surface area contributed by atoms with Gasteiger partial charge < -0.3 is 10.1 Å². The van der Waals surface area contributed by atoms with Gasteiger partial charge in [0, 0.05) is 12.1 Å². The Kier molecular flexibility index (Phi) is 3.94. The van der Waals surface area contributed by atoms with Gasteiger partial charge in [-0.1, -0.05) is 23.7 Å². The van der Waals surface area contributed by atoms with E-state index < -0.39 is 5.82 Å². The molecule has 1 N–H and O–H groups in total. The van der Waals surface area contributed by atoms with Crippen molar-refractivity contribution < 1.29 is 9.13 Å². The summed E-state index contributed by atoms with van der Waals surface area (Å²) in [6.45, 7) is 0.217. The lowest BCUT2D eigenvalue weighted by molar-refractivity contribution is 0.276. The Morgan fingerprint density at radius 1 is 1.33 bits per heavy atom. The molecule has 1 aromatic heterocycles. The van der Waals surface area contributed by atoms with Crippen LogP contribution in [-0.2, 0) is 6.61 Å². The molecule has 1 heterocycles. The van der Waals surface area contributed by atoms with Crippen molar-refractivity contribution in [1.82, 2.24) is 9.97 Å². The molecule has 0 unspecified atom stereocenters. The molecule has 0 spiro atoms. The van der Waals surface area contributed by atoms with E-state index in [-0.39, 0.29) is 12.5 Å². The molecule has 6 heteroatoms. The molecule has 0 aliphatic rings. The largest absolute Gasteiger partial charge is 0.471 e. The van der Waals surface area contributed by atoms with Crippen molar-refractivity contribution in [3.05, 3.63) is 46.9 Å². The van der Waals surface area contributed by atoms with Crippen LogP contribution in [0.1, 0.15) is 5.56 Å². The van der Waals surface area contributed by atoms with Gasteiger partial charge in [0.25, 0.3) is 5.88 Å². The van der Waals surface area contributed by atoms with Gasteiger partial charge in [-0.05, 0) is 17.7 Å². The van der Waals surface area contributed by atoms with E-state index in [4.69, 9.17) is 16.3 Å². The maximum atomic E-state index is 13.4. The first kappa shape index (κ1) is 12.6. The molecule has 0 fully saturated rings. The van der Waals surface area contributed by atoms with Crippen molar-refractivity contribution in [2.24, 2.45) is 0 Å². The second kappa shape index (κ2) is 5.64. The third kappa shape index (κ3) is 3.07. The molecule has 0 saturated heterocycles. The van der Waals surface area contributed by atoms with Gasteiger partial charge in [-0.25, -0.2) is 4.98 Å². The van der Waals surface area contributed by atoms with E-state index in [1.807, 2.05) is 0 Å². The van der Waals surface area contributed by atoms with Crippen LogP contribution in [0.25, 0.3) is 0 Å². The van der Waals surface area contributed by atoms with Gasteiger partial charge in [0.2, 0.25) is 11.8 Å². The van der Waals surface area contributed by atoms with Crippen molar-refractivity contribution in [3.8, 4) is 5.88 Å². The average molecular weight is 268 g/mol. The Morgan fingerprint density at radius 3 is 2.72 bits per heavy atom. The highest BCUT2D eigenvalue weighted by Gasteiger charge is 2.07. The highest BCUT2D eigenvalue weighted by Crippen LogP contribution is 2.16. The zero-order chi connectivity index (χ0) is 13.0. The summed E-state index contributed by atoms with van der Waals surface area (Å²) < 4.78 is 18.7. The number of halogens is 2. The van der Waals surface area contributed by atoms with Crippen molar-refractivity contribution in [2.75, 3.05) is 12.4 Å². The van der Waals surface area contributed by atoms with E-state index in [9.17, 15) is 4.39 Å². The van der Waals surface area contributed by atoms with Crippen LogP contribution in [0, 0.1) is 5.82 Å². The van der Waals surface area contributed by atoms with Crippen LogP contribution in [0.5, 0.6) is 5.88 Å². The van der Waals surface area contributed by atoms with E-state index in [0.29, 0.717) is 11.0 Å². The lowest BCUT2D eigenvalue weighted by Gasteiger charge is -2.07. The van der Waals surface area contributed by atoms with Gasteiger partial charge in [0.1, 0.15) is 6.61 Å². The maximum absolute atomic E-state index is 13.4. The molecule has 18 heavy (non-hydrogen) atoms. The van der Waals surface area contributed by atoms with Crippen LogP contribution in [-0.4, -0.2) is 17.0 Å². The van der Waals surface area contributed by atoms with Crippen LogP contribution in [0.2, 0.25) is 5.02 Å². The molecule has 0 saturated carbocycles. The topological polar surface area (TPSA) is 47.0 Å². The Morgan fingerprint density at radius 2 is 2.06 bits per heavy atom. The molecule has 1 aromatic carbocycles. The molecule has 2 rings (SSSR count). The lowest BCUT2D eigenvalue weighted by atomic mass is 10.2. The number of benzene rings is 1. The molecule has 0 aliphatic carbocycles. The minimum Gasteiger partial charge on any atom is -0.471 e. The second-order valence-electron chi connectivity index (χ2n) is 3.51. The van der Waals surface area contributed by atoms with Crippen molar-refractivity contribution in [1.29, 1.82) is 0 Å². The number of nitrogens with zero attached hydrogens (tertiary/aromatic N) is 2. The zero-order valence-electron chi connectivity index (χ0n) is 9.65. The number of hydrogen-bond acceptors (Lipinski definition) is 4. The van der Waals surface area contributed by atoms with E-state index in [2.05, 4.69) is 15.3 Å². The summed E-state index contributed by atoms with van der Waals surface area (Å²) in [6, 6.07) is 7.10. The monoisotopic (exact) mass is 267 g/mol. The molecule has 0 bridgehead atoms. The fraction of sp³-hybridized carbons (Fsp3) is 0.167. The standard InChI is InChI=1S/C12H11ClFN3O/c1-15-12-16-6-10(14)11(17-12)18-7-8-2-4-9(13)5-3-8/h2-6H,7H2,1H3,(H,15,16,17). The summed E-state index contributed by atoms with van der Waals surface area (Å²) in [5.74, 6) is -0.366. The third-order valence-electron chi connectivity index (χ3n) is 2.22. The van der Waals surface area contributed by atoms with Crippen molar-refractivity contribution in [2.45, 2.75) is 6.61 Å². The van der Waals surface area contributed by atoms with Gasteiger partial charge in [0.15, 0.2) is 0 Å². The number of ether oxygens (including phenoxy) is 1. The highest BCUT2D eigenvalue weighted by molar-refractivity contribution is 6.30. The quantitative estimate of drug-likeness (QED) is 0.925. The molecule has 94 valence electrons. The summed E-state index contributed by atoms with van der Waals surface area (Å²) in [4.78, 5) is 7.61.